The van der Waals surface area contributed by atoms with E-state index in [2.05, 4.69) is 20.8 Å². The number of carbonyl (C=O) groups is 1. The Morgan fingerprint density at radius 2 is 2.11 bits per heavy atom. The molecule has 2 aromatic rings. The number of rotatable bonds is 3. The molecular weight excluding hydrogens is 230 g/mol. The average Bonchev–Trinajstić information content (AvgIpc) is 2.85. The third kappa shape index (κ3) is 3.00. The maximum atomic E-state index is 11.7. The number of nitrogens with one attached hydrogen (secondary N) is 3. The third-order valence-electron chi connectivity index (χ3n) is 2.54. The lowest BCUT2D eigenvalue weighted by molar-refractivity contribution is 0.249. The lowest BCUT2D eigenvalue weighted by Gasteiger charge is -2.13. The van der Waals surface area contributed by atoms with Crippen LogP contribution in [0.5, 0.6) is 0 Å². The largest absolute Gasteiger partial charge is 0.399 e. The van der Waals surface area contributed by atoms with Crippen LogP contribution in [0.4, 0.5) is 16.2 Å². The number of anilines is 2. The van der Waals surface area contributed by atoms with Gasteiger partial charge in [-0.3, -0.25) is 5.10 Å². The van der Waals surface area contributed by atoms with Gasteiger partial charge in [0.05, 0.1) is 12.2 Å². The van der Waals surface area contributed by atoms with Gasteiger partial charge < -0.3 is 16.4 Å². The Labute approximate surface area is 105 Å². The summed E-state index contributed by atoms with van der Waals surface area (Å²) in [6, 6.07) is 6.57. The Balaban J connectivity index is 1.91. The normalized spacial score (nSPS) is 11.8. The van der Waals surface area contributed by atoms with Gasteiger partial charge in [-0.2, -0.15) is 5.10 Å². The van der Waals surface area contributed by atoms with Crippen LogP contribution in [0.1, 0.15) is 18.5 Å². The van der Waals surface area contributed by atoms with E-state index >= 15 is 0 Å². The Kier molecular flexibility index (Phi) is 3.47. The molecule has 5 N–H and O–H groups in total. The number of amides is 2. The van der Waals surface area contributed by atoms with Crippen molar-refractivity contribution in [1.82, 2.24) is 15.5 Å². The summed E-state index contributed by atoms with van der Waals surface area (Å²) in [5, 5.41) is 12.1. The van der Waals surface area contributed by atoms with Crippen molar-refractivity contribution in [3.63, 3.8) is 0 Å². The summed E-state index contributed by atoms with van der Waals surface area (Å²) in [5.41, 5.74) is 7.84. The van der Waals surface area contributed by atoms with Crippen LogP contribution in [0.2, 0.25) is 0 Å². The SMILES string of the molecule is CC(NC(=O)Nc1ccc(N)cc1)c1cn[nH]c1. The lowest BCUT2D eigenvalue weighted by Crippen LogP contribution is -2.30. The quantitative estimate of drug-likeness (QED) is 0.621. The number of nitrogens with two attached hydrogens (primary N) is 1. The second kappa shape index (κ2) is 5.22. The van der Waals surface area contributed by atoms with E-state index in [1.165, 1.54) is 0 Å². The van der Waals surface area contributed by atoms with Crippen LogP contribution >= 0.6 is 0 Å². The maximum absolute atomic E-state index is 11.7. The second-order valence-corrected chi connectivity index (χ2v) is 3.97. The number of carbonyl (C=O) groups excluding carboxylic acids is 1. The van der Waals surface area contributed by atoms with Gasteiger partial charge in [-0.15, -0.1) is 0 Å². The number of urea groups is 1. The molecule has 94 valence electrons. The van der Waals surface area contributed by atoms with Crippen LogP contribution in [0.15, 0.2) is 36.7 Å². The number of nitrogen functional groups attached to an aromatic ring is 1. The zero-order valence-electron chi connectivity index (χ0n) is 9.97. The molecule has 0 fully saturated rings. The standard InChI is InChI=1S/C12H15N5O/c1-8(9-6-14-15-7-9)16-12(18)17-11-4-2-10(13)3-5-11/h2-8H,13H2,1H3,(H,14,15)(H2,16,17,18). The molecule has 0 aliphatic rings. The minimum atomic E-state index is -0.270. The Morgan fingerprint density at radius 3 is 2.72 bits per heavy atom. The van der Waals surface area contributed by atoms with Crippen molar-refractivity contribution in [2.24, 2.45) is 0 Å². The van der Waals surface area contributed by atoms with E-state index in [9.17, 15) is 4.79 Å². The van der Waals surface area contributed by atoms with Crippen molar-refractivity contribution in [2.45, 2.75) is 13.0 Å². The monoisotopic (exact) mass is 245 g/mol. The Hall–Kier alpha value is -2.50. The molecule has 1 aromatic heterocycles. The van der Waals surface area contributed by atoms with Gasteiger partial charge in [-0.05, 0) is 31.2 Å². The van der Waals surface area contributed by atoms with Crippen LogP contribution in [0.3, 0.4) is 0 Å². The summed E-state index contributed by atoms with van der Waals surface area (Å²) in [5.74, 6) is 0. The summed E-state index contributed by atoms with van der Waals surface area (Å²) in [4.78, 5) is 11.7. The van der Waals surface area contributed by atoms with Crippen LogP contribution in [0.25, 0.3) is 0 Å². The first-order valence-corrected chi connectivity index (χ1v) is 5.57. The predicted octanol–water partition coefficient (Wildman–Crippen LogP) is 1.87. The average molecular weight is 245 g/mol. The fraction of sp³-hybridized carbons (Fsp3) is 0.167. The van der Waals surface area contributed by atoms with Crippen LogP contribution in [-0.4, -0.2) is 16.2 Å². The topological polar surface area (TPSA) is 95.8 Å². The van der Waals surface area contributed by atoms with Gasteiger partial charge in [0.15, 0.2) is 0 Å². The maximum Gasteiger partial charge on any atom is 0.319 e. The number of aromatic nitrogens is 2. The van der Waals surface area contributed by atoms with Crippen molar-refractivity contribution in [3.05, 3.63) is 42.2 Å². The molecule has 0 saturated carbocycles. The molecule has 0 bridgehead atoms. The van der Waals surface area contributed by atoms with Crippen molar-refractivity contribution < 1.29 is 4.79 Å². The van der Waals surface area contributed by atoms with Crippen molar-refractivity contribution in [1.29, 1.82) is 0 Å². The van der Waals surface area contributed by atoms with Gasteiger partial charge in [0.25, 0.3) is 0 Å². The van der Waals surface area contributed by atoms with E-state index in [4.69, 9.17) is 5.73 Å². The zero-order valence-corrected chi connectivity index (χ0v) is 9.97. The molecule has 0 spiro atoms. The molecule has 2 amide bonds. The molecular formula is C12H15N5O. The van der Waals surface area contributed by atoms with E-state index in [-0.39, 0.29) is 12.1 Å². The number of hydrogen-bond acceptors (Lipinski definition) is 3. The molecule has 1 heterocycles. The highest BCUT2D eigenvalue weighted by Gasteiger charge is 2.10. The van der Waals surface area contributed by atoms with Crippen LogP contribution in [0, 0.1) is 0 Å². The summed E-state index contributed by atoms with van der Waals surface area (Å²) in [6.45, 7) is 1.88. The van der Waals surface area contributed by atoms with Crippen LogP contribution < -0.4 is 16.4 Å². The molecule has 18 heavy (non-hydrogen) atoms. The number of benzene rings is 1. The Morgan fingerprint density at radius 1 is 1.39 bits per heavy atom. The zero-order chi connectivity index (χ0) is 13.0. The molecule has 2 rings (SSSR count). The van der Waals surface area contributed by atoms with E-state index in [0.29, 0.717) is 11.4 Å². The molecule has 0 aliphatic heterocycles. The van der Waals surface area contributed by atoms with Crippen LogP contribution in [-0.2, 0) is 0 Å². The highest BCUT2D eigenvalue weighted by Crippen LogP contribution is 2.12. The lowest BCUT2D eigenvalue weighted by atomic mass is 10.2. The minimum absolute atomic E-state index is 0.113. The summed E-state index contributed by atoms with van der Waals surface area (Å²) in [7, 11) is 0. The first-order valence-electron chi connectivity index (χ1n) is 5.57. The van der Waals surface area contributed by atoms with E-state index in [1.807, 2.05) is 6.92 Å². The molecule has 6 nitrogen and oxygen atoms in total. The van der Waals surface area contributed by atoms with Gasteiger partial charge in [-0.25, -0.2) is 4.79 Å². The summed E-state index contributed by atoms with van der Waals surface area (Å²) < 4.78 is 0. The van der Waals surface area contributed by atoms with E-state index < -0.39 is 0 Å². The summed E-state index contributed by atoms with van der Waals surface area (Å²) in [6.07, 6.45) is 3.42. The fourth-order valence-corrected chi connectivity index (χ4v) is 1.51. The van der Waals surface area contributed by atoms with Gasteiger partial charge in [0.2, 0.25) is 0 Å². The van der Waals surface area contributed by atoms with Crippen molar-refractivity contribution in [2.75, 3.05) is 11.1 Å². The number of H-pyrrole nitrogens is 1. The molecule has 1 atom stereocenters. The van der Waals surface area contributed by atoms with E-state index in [0.717, 1.165) is 5.56 Å². The number of aromatic amines is 1. The van der Waals surface area contributed by atoms with E-state index in [1.54, 1.807) is 36.7 Å². The highest BCUT2D eigenvalue weighted by molar-refractivity contribution is 5.89. The van der Waals surface area contributed by atoms with Crippen molar-refractivity contribution >= 4 is 17.4 Å². The smallest absolute Gasteiger partial charge is 0.319 e. The highest BCUT2D eigenvalue weighted by atomic mass is 16.2. The molecule has 0 saturated heterocycles. The molecule has 0 radical (unpaired) electrons. The van der Waals surface area contributed by atoms with Gasteiger partial charge in [-0.1, -0.05) is 0 Å². The second-order valence-electron chi connectivity index (χ2n) is 3.97. The van der Waals surface area contributed by atoms with Gasteiger partial charge >= 0.3 is 6.03 Å². The van der Waals surface area contributed by atoms with Crippen molar-refractivity contribution in [3.8, 4) is 0 Å². The summed E-state index contributed by atoms with van der Waals surface area (Å²) >= 11 is 0. The Bertz CT molecular complexity index is 506. The molecule has 6 heteroatoms. The number of hydrogen-bond donors (Lipinski definition) is 4. The van der Waals surface area contributed by atoms with Gasteiger partial charge in [0, 0.05) is 23.1 Å². The third-order valence-corrected chi connectivity index (χ3v) is 2.54. The fourth-order valence-electron chi connectivity index (χ4n) is 1.51. The first-order chi connectivity index (χ1) is 8.65. The molecule has 0 aliphatic carbocycles. The predicted molar refractivity (Wildman–Crippen MR) is 70.0 cm³/mol. The number of nitrogens with zero attached hydrogens (tertiary/aromatic N) is 1. The minimum Gasteiger partial charge on any atom is -0.399 e. The molecule has 1 unspecified atom stereocenters. The first kappa shape index (κ1) is 12.0. The molecule has 1 aromatic carbocycles. The van der Waals surface area contributed by atoms with Gasteiger partial charge in [0.1, 0.15) is 0 Å².